The van der Waals surface area contributed by atoms with Gasteiger partial charge >= 0.3 is 0 Å². The standard InChI is InChI=1S/C13H20N2O/c1-2-10-5-7-13(9-14,8-6-10)15-12(16)11-3-4-11/h10-11H,2-8H2,1H3,(H,15,16). The topological polar surface area (TPSA) is 52.9 Å². The van der Waals surface area contributed by atoms with E-state index in [1.54, 1.807) is 0 Å². The quantitative estimate of drug-likeness (QED) is 0.794. The molecule has 2 saturated carbocycles. The van der Waals surface area contributed by atoms with E-state index >= 15 is 0 Å². The third kappa shape index (κ3) is 2.37. The van der Waals surface area contributed by atoms with Gasteiger partial charge in [0.2, 0.25) is 5.91 Å². The lowest BCUT2D eigenvalue weighted by Gasteiger charge is -2.35. The lowest BCUT2D eigenvalue weighted by Crippen LogP contribution is -2.50. The van der Waals surface area contributed by atoms with Gasteiger partial charge in [0.15, 0.2) is 0 Å². The van der Waals surface area contributed by atoms with Crippen molar-refractivity contribution in [2.24, 2.45) is 11.8 Å². The van der Waals surface area contributed by atoms with E-state index in [0.29, 0.717) is 0 Å². The molecule has 3 heteroatoms. The molecule has 88 valence electrons. The van der Waals surface area contributed by atoms with E-state index in [-0.39, 0.29) is 11.8 Å². The molecule has 0 aromatic rings. The maximum Gasteiger partial charge on any atom is 0.224 e. The first-order valence-corrected chi connectivity index (χ1v) is 6.42. The van der Waals surface area contributed by atoms with Crippen molar-refractivity contribution < 1.29 is 4.79 Å². The number of nitrogens with one attached hydrogen (secondary N) is 1. The molecule has 0 aliphatic heterocycles. The molecule has 2 aliphatic carbocycles. The third-order valence-electron chi connectivity index (χ3n) is 4.06. The Morgan fingerprint density at radius 3 is 2.44 bits per heavy atom. The van der Waals surface area contributed by atoms with Gasteiger partial charge in [-0.05, 0) is 44.4 Å². The first kappa shape index (κ1) is 11.4. The van der Waals surface area contributed by atoms with Gasteiger partial charge in [0.1, 0.15) is 5.54 Å². The number of hydrogen-bond donors (Lipinski definition) is 1. The molecule has 2 fully saturated rings. The second kappa shape index (κ2) is 4.45. The van der Waals surface area contributed by atoms with Gasteiger partial charge in [0, 0.05) is 5.92 Å². The number of carbonyl (C=O) groups is 1. The summed E-state index contributed by atoms with van der Waals surface area (Å²) in [4.78, 5) is 11.7. The normalized spacial score (nSPS) is 34.1. The van der Waals surface area contributed by atoms with Crippen molar-refractivity contribution in [1.82, 2.24) is 5.32 Å². The fraction of sp³-hybridized carbons (Fsp3) is 0.846. The third-order valence-corrected chi connectivity index (χ3v) is 4.06. The van der Waals surface area contributed by atoms with E-state index in [4.69, 9.17) is 0 Å². The highest BCUT2D eigenvalue weighted by Crippen LogP contribution is 2.35. The van der Waals surface area contributed by atoms with Crippen molar-refractivity contribution in [3.05, 3.63) is 0 Å². The van der Waals surface area contributed by atoms with Crippen LogP contribution in [-0.4, -0.2) is 11.4 Å². The molecule has 0 aromatic heterocycles. The average molecular weight is 220 g/mol. The van der Waals surface area contributed by atoms with Crippen LogP contribution in [0.15, 0.2) is 0 Å². The minimum atomic E-state index is -0.550. The Kier molecular flexibility index (Phi) is 3.18. The minimum absolute atomic E-state index is 0.108. The molecule has 2 rings (SSSR count). The Labute approximate surface area is 97.2 Å². The van der Waals surface area contributed by atoms with Crippen LogP contribution in [0.25, 0.3) is 0 Å². The van der Waals surface area contributed by atoms with Crippen LogP contribution >= 0.6 is 0 Å². The van der Waals surface area contributed by atoms with Crippen molar-refractivity contribution in [2.45, 2.75) is 57.4 Å². The van der Waals surface area contributed by atoms with Crippen LogP contribution in [0.4, 0.5) is 0 Å². The van der Waals surface area contributed by atoms with Gasteiger partial charge in [-0.2, -0.15) is 5.26 Å². The Morgan fingerprint density at radius 1 is 1.38 bits per heavy atom. The van der Waals surface area contributed by atoms with E-state index < -0.39 is 5.54 Å². The molecule has 3 nitrogen and oxygen atoms in total. The molecule has 0 atom stereocenters. The van der Waals surface area contributed by atoms with E-state index in [1.165, 1.54) is 6.42 Å². The van der Waals surface area contributed by atoms with Crippen LogP contribution in [-0.2, 0) is 4.79 Å². The van der Waals surface area contributed by atoms with E-state index in [0.717, 1.165) is 44.4 Å². The lowest BCUT2D eigenvalue weighted by atomic mass is 9.76. The molecule has 0 radical (unpaired) electrons. The van der Waals surface area contributed by atoms with E-state index in [9.17, 15) is 10.1 Å². The summed E-state index contributed by atoms with van der Waals surface area (Å²) in [6.45, 7) is 2.20. The van der Waals surface area contributed by atoms with Crippen LogP contribution < -0.4 is 5.32 Å². The highest BCUT2D eigenvalue weighted by molar-refractivity contribution is 5.82. The molecule has 1 amide bonds. The van der Waals surface area contributed by atoms with Crippen molar-refractivity contribution >= 4 is 5.91 Å². The molecule has 2 aliphatic rings. The summed E-state index contributed by atoms with van der Waals surface area (Å²) in [6.07, 6.45) is 7.03. The van der Waals surface area contributed by atoms with Crippen molar-refractivity contribution in [3.63, 3.8) is 0 Å². The van der Waals surface area contributed by atoms with Gasteiger partial charge in [-0.15, -0.1) is 0 Å². The van der Waals surface area contributed by atoms with Gasteiger partial charge in [-0.25, -0.2) is 0 Å². The molecular formula is C13H20N2O. The van der Waals surface area contributed by atoms with E-state index in [2.05, 4.69) is 18.3 Å². The number of carbonyl (C=O) groups excluding carboxylic acids is 1. The molecule has 0 unspecified atom stereocenters. The number of nitriles is 1. The van der Waals surface area contributed by atoms with Gasteiger partial charge in [0.05, 0.1) is 6.07 Å². The summed E-state index contributed by atoms with van der Waals surface area (Å²) in [6, 6.07) is 2.34. The number of hydrogen-bond acceptors (Lipinski definition) is 2. The van der Waals surface area contributed by atoms with Gasteiger partial charge < -0.3 is 5.32 Å². The second-order valence-electron chi connectivity index (χ2n) is 5.31. The van der Waals surface area contributed by atoms with Crippen molar-refractivity contribution in [2.75, 3.05) is 0 Å². The zero-order valence-electron chi connectivity index (χ0n) is 9.96. The fourth-order valence-corrected chi connectivity index (χ4v) is 2.53. The molecule has 0 aromatic carbocycles. The summed E-state index contributed by atoms with van der Waals surface area (Å²) in [5.41, 5.74) is -0.550. The van der Waals surface area contributed by atoms with Crippen molar-refractivity contribution in [1.29, 1.82) is 5.26 Å². The monoisotopic (exact) mass is 220 g/mol. The highest BCUT2D eigenvalue weighted by atomic mass is 16.2. The Bertz CT molecular complexity index is 306. The summed E-state index contributed by atoms with van der Waals surface area (Å²) >= 11 is 0. The Hall–Kier alpha value is -1.04. The maximum absolute atomic E-state index is 11.7. The zero-order chi connectivity index (χ0) is 11.6. The average Bonchev–Trinajstić information content (AvgIpc) is 3.14. The lowest BCUT2D eigenvalue weighted by molar-refractivity contribution is -0.124. The zero-order valence-corrected chi connectivity index (χ0v) is 9.96. The highest BCUT2D eigenvalue weighted by Gasteiger charge is 2.40. The maximum atomic E-state index is 11.7. The first-order valence-electron chi connectivity index (χ1n) is 6.42. The van der Waals surface area contributed by atoms with Crippen LogP contribution in [0.2, 0.25) is 0 Å². The van der Waals surface area contributed by atoms with Crippen LogP contribution in [0.1, 0.15) is 51.9 Å². The summed E-state index contributed by atoms with van der Waals surface area (Å²) in [7, 11) is 0. The van der Waals surface area contributed by atoms with Crippen LogP contribution in [0.5, 0.6) is 0 Å². The van der Waals surface area contributed by atoms with Gasteiger partial charge in [-0.1, -0.05) is 13.3 Å². The molecule has 0 spiro atoms. The first-order chi connectivity index (χ1) is 7.69. The van der Waals surface area contributed by atoms with Gasteiger partial charge in [0.25, 0.3) is 0 Å². The van der Waals surface area contributed by atoms with Crippen LogP contribution in [0, 0.1) is 23.2 Å². The molecule has 1 N–H and O–H groups in total. The molecule has 0 saturated heterocycles. The summed E-state index contributed by atoms with van der Waals surface area (Å²) < 4.78 is 0. The summed E-state index contributed by atoms with van der Waals surface area (Å²) in [5.74, 6) is 1.06. The SMILES string of the molecule is CCC1CCC(C#N)(NC(=O)C2CC2)CC1. The number of amides is 1. The minimum Gasteiger partial charge on any atom is -0.338 e. The predicted octanol–water partition coefficient (Wildman–Crippen LogP) is 2.38. The predicted molar refractivity (Wildman–Crippen MR) is 61.5 cm³/mol. The molecule has 0 bridgehead atoms. The number of nitrogens with zero attached hydrogens (tertiary/aromatic N) is 1. The Balaban J connectivity index is 1.93. The smallest absolute Gasteiger partial charge is 0.224 e. The summed E-state index contributed by atoms with van der Waals surface area (Å²) in [5, 5.41) is 12.3. The van der Waals surface area contributed by atoms with Crippen LogP contribution in [0.3, 0.4) is 0 Å². The molecule has 16 heavy (non-hydrogen) atoms. The largest absolute Gasteiger partial charge is 0.338 e. The Morgan fingerprint density at radius 2 is 2.00 bits per heavy atom. The van der Waals surface area contributed by atoms with Crippen molar-refractivity contribution in [3.8, 4) is 6.07 Å². The second-order valence-corrected chi connectivity index (χ2v) is 5.31. The van der Waals surface area contributed by atoms with E-state index in [1.807, 2.05) is 0 Å². The number of rotatable bonds is 3. The fourth-order valence-electron chi connectivity index (χ4n) is 2.53. The molecule has 0 heterocycles. The molecular weight excluding hydrogens is 200 g/mol. The van der Waals surface area contributed by atoms with Gasteiger partial charge in [-0.3, -0.25) is 4.79 Å².